The molecule has 1 atom stereocenters. The van der Waals surface area contributed by atoms with E-state index in [9.17, 15) is 9.18 Å². The van der Waals surface area contributed by atoms with Crippen LogP contribution in [-0.4, -0.2) is 5.91 Å². The molecule has 1 aliphatic rings. The Balaban J connectivity index is 1.97. The van der Waals surface area contributed by atoms with Gasteiger partial charge in [0.15, 0.2) is 0 Å². The summed E-state index contributed by atoms with van der Waals surface area (Å²) in [5.74, 6) is -0.426. The first-order valence-corrected chi connectivity index (χ1v) is 6.49. The Morgan fingerprint density at radius 1 is 1.05 bits per heavy atom. The first kappa shape index (κ1) is 12.9. The molecule has 2 aromatic rings. The molecule has 1 fully saturated rings. The lowest BCUT2D eigenvalue weighted by atomic mass is 9.88. The average Bonchev–Trinajstić information content (AvgIpc) is 2.46. The molecule has 0 radical (unpaired) electrons. The van der Waals surface area contributed by atoms with Gasteiger partial charge in [0.05, 0.1) is 6.04 Å². The molecule has 0 unspecified atom stereocenters. The summed E-state index contributed by atoms with van der Waals surface area (Å²) in [5.41, 5.74) is 2.10. The number of carbonyl (C=O) groups excluding carboxylic acids is 1. The second-order valence-corrected chi connectivity index (χ2v) is 5.07. The predicted octanol–water partition coefficient (Wildman–Crippen LogP) is 4.12. The Morgan fingerprint density at radius 3 is 2.25 bits per heavy atom. The lowest BCUT2D eigenvalue weighted by Crippen LogP contribution is -2.48. The van der Waals surface area contributed by atoms with Gasteiger partial charge in [-0.15, -0.1) is 0 Å². The molecule has 0 saturated carbocycles. The van der Waals surface area contributed by atoms with Gasteiger partial charge in [0, 0.05) is 16.3 Å². The average molecular weight is 288 g/mol. The zero-order chi connectivity index (χ0) is 14.3. The zero-order valence-corrected chi connectivity index (χ0v) is 11.3. The number of halogens is 2. The number of hydrogen-bond acceptors (Lipinski definition) is 1. The predicted molar refractivity (Wildman–Crippen MR) is 77.2 cm³/mol. The quantitative estimate of drug-likeness (QED) is 0.601. The molecule has 0 N–H and O–H groups in total. The van der Waals surface area contributed by atoms with Crippen LogP contribution in [0.1, 0.15) is 11.6 Å². The Kier molecular flexibility index (Phi) is 3.07. The summed E-state index contributed by atoms with van der Waals surface area (Å²) in [6.07, 6.45) is 0. The van der Waals surface area contributed by atoms with Crippen molar-refractivity contribution >= 4 is 23.2 Å². The van der Waals surface area contributed by atoms with E-state index in [1.165, 1.54) is 12.1 Å². The van der Waals surface area contributed by atoms with Gasteiger partial charge in [0.1, 0.15) is 5.82 Å². The van der Waals surface area contributed by atoms with Gasteiger partial charge in [-0.2, -0.15) is 0 Å². The molecule has 2 aromatic carbocycles. The van der Waals surface area contributed by atoms with Crippen molar-refractivity contribution in [1.29, 1.82) is 0 Å². The molecule has 0 spiro atoms. The van der Waals surface area contributed by atoms with Gasteiger partial charge in [0.2, 0.25) is 0 Å². The van der Waals surface area contributed by atoms with Gasteiger partial charge in [-0.05, 0) is 42.0 Å². The Morgan fingerprint density at radius 2 is 1.65 bits per heavy atom. The van der Waals surface area contributed by atoms with Crippen molar-refractivity contribution < 1.29 is 9.18 Å². The van der Waals surface area contributed by atoms with E-state index in [0.717, 1.165) is 11.3 Å². The molecule has 3 rings (SSSR count). The van der Waals surface area contributed by atoms with Crippen LogP contribution >= 0.6 is 11.6 Å². The maximum absolute atomic E-state index is 13.0. The van der Waals surface area contributed by atoms with Gasteiger partial charge in [-0.3, -0.25) is 9.69 Å². The second kappa shape index (κ2) is 4.76. The molecule has 0 bridgehead atoms. The molecule has 0 aliphatic carbocycles. The highest BCUT2D eigenvalue weighted by atomic mass is 35.5. The van der Waals surface area contributed by atoms with E-state index in [-0.39, 0.29) is 17.8 Å². The van der Waals surface area contributed by atoms with E-state index < -0.39 is 0 Å². The fourth-order valence-corrected chi connectivity index (χ4v) is 2.47. The third-order valence-electron chi connectivity index (χ3n) is 3.37. The van der Waals surface area contributed by atoms with Crippen molar-refractivity contribution in [3.8, 4) is 0 Å². The fraction of sp³-hybridized carbons (Fsp3) is 0.0625. The highest BCUT2D eigenvalue weighted by Gasteiger charge is 2.42. The number of nitrogens with zero attached hydrogens (tertiary/aromatic N) is 1. The summed E-state index contributed by atoms with van der Waals surface area (Å²) in [4.78, 5) is 13.6. The minimum atomic E-state index is -0.303. The van der Waals surface area contributed by atoms with Gasteiger partial charge in [-0.1, -0.05) is 30.3 Å². The standard InChI is InChI=1S/C16H11ClFNO/c1-10-15(11-2-6-13(18)7-3-11)19(16(10)20)14-8-4-12(17)5-9-14/h2-9,15H,1H2/t15-/m0/s1. The number of anilines is 1. The molecule has 1 amide bonds. The van der Waals surface area contributed by atoms with E-state index in [4.69, 9.17) is 11.6 Å². The van der Waals surface area contributed by atoms with Gasteiger partial charge < -0.3 is 0 Å². The van der Waals surface area contributed by atoms with Crippen LogP contribution in [0.3, 0.4) is 0 Å². The fourth-order valence-electron chi connectivity index (χ4n) is 2.34. The second-order valence-electron chi connectivity index (χ2n) is 4.63. The zero-order valence-electron chi connectivity index (χ0n) is 10.5. The molecule has 1 saturated heterocycles. The summed E-state index contributed by atoms with van der Waals surface area (Å²) in [6.45, 7) is 3.80. The molecular weight excluding hydrogens is 277 g/mol. The van der Waals surface area contributed by atoms with Crippen molar-refractivity contribution in [3.63, 3.8) is 0 Å². The van der Waals surface area contributed by atoms with E-state index in [2.05, 4.69) is 6.58 Å². The van der Waals surface area contributed by atoms with Crippen LogP contribution in [0.15, 0.2) is 60.7 Å². The summed E-state index contributed by atoms with van der Waals surface area (Å²) in [7, 11) is 0. The van der Waals surface area contributed by atoms with Gasteiger partial charge in [-0.25, -0.2) is 4.39 Å². The molecule has 2 nitrogen and oxygen atoms in total. The van der Waals surface area contributed by atoms with Crippen LogP contribution in [-0.2, 0) is 4.79 Å². The van der Waals surface area contributed by atoms with Crippen molar-refractivity contribution in [2.24, 2.45) is 0 Å². The summed E-state index contributed by atoms with van der Waals surface area (Å²) < 4.78 is 13.0. The van der Waals surface area contributed by atoms with Crippen LogP contribution in [0.25, 0.3) is 0 Å². The van der Waals surface area contributed by atoms with E-state index in [1.54, 1.807) is 41.3 Å². The normalized spacial score (nSPS) is 18.1. The molecule has 100 valence electrons. The topological polar surface area (TPSA) is 20.3 Å². The largest absolute Gasteiger partial charge is 0.297 e. The molecule has 4 heteroatoms. The minimum Gasteiger partial charge on any atom is -0.297 e. The van der Waals surface area contributed by atoms with Crippen molar-refractivity contribution in [3.05, 3.63) is 77.1 Å². The minimum absolute atomic E-state index is 0.123. The Bertz CT molecular complexity index is 617. The van der Waals surface area contributed by atoms with Crippen molar-refractivity contribution in [1.82, 2.24) is 0 Å². The molecular formula is C16H11ClFNO. The molecule has 0 aromatic heterocycles. The van der Waals surface area contributed by atoms with Crippen LogP contribution in [0.5, 0.6) is 0 Å². The lowest BCUT2D eigenvalue weighted by Gasteiger charge is -2.42. The number of hydrogen-bond donors (Lipinski definition) is 0. The summed E-state index contributed by atoms with van der Waals surface area (Å²) in [6, 6.07) is 12.9. The van der Waals surface area contributed by atoms with Crippen molar-refractivity contribution in [2.45, 2.75) is 6.04 Å². The molecule has 1 aliphatic heterocycles. The van der Waals surface area contributed by atoms with E-state index >= 15 is 0 Å². The third kappa shape index (κ3) is 2.00. The highest BCUT2D eigenvalue weighted by molar-refractivity contribution is 6.30. The van der Waals surface area contributed by atoms with Crippen LogP contribution in [0.4, 0.5) is 10.1 Å². The lowest BCUT2D eigenvalue weighted by molar-refractivity contribution is -0.118. The number of benzene rings is 2. The van der Waals surface area contributed by atoms with E-state index in [0.29, 0.717) is 10.6 Å². The third-order valence-corrected chi connectivity index (χ3v) is 3.62. The van der Waals surface area contributed by atoms with Gasteiger partial charge >= 0.3 is 0 Å². The van der Waals surface area contributed by atoms with Crippen LogP contribution < -0.4 is 4.90 Å². The van der Waals surface area contributed by atoms with Gasteiger partial charge in [0.25, 0.3) is 5.91 Å². The smallest absolute Gasteiger partial charge is 0.256 e. The monoisotopic (exact) mass is 287 g/mol. The maximum Gasteiger partial charge on any atom is 0.256 e. The Labute approximate surface area is 121 Å². The first-order chi connectivity index (χ1) is 9.58. The number of amides is 1. The Hall–Kier alpha value is -2.13. The first-order valence-electron chi connectivity index (χ1n) is 6.11. The number of rotatable bonds is 2. The van der Waals surface area contributed by atoms with Crippen LogP contribution in [0, 0.1) is 5.82 Å². The number of carbonyl (C=O) groups is 1. The highest BCUT2D eigenvalue weighted by Crippen LogP contribution is 2.42. The molecule has 20 heavy (non-hydrogen) atoms. The SMILES string of the molecule is C=C1C(=O)N(c2ccc(Cl)cc2)[C@@H]1c1ccc(F)cc1. The van der Waals surface area contributed by atoms with Crippen molar-refractivity contribution in [2.75, 3.05) is 4.90 Å². The summed E-state index contributed by atoms with van der Waals surface area (Å²) in [5, 5.41) is 0.610. The molecule has 1 heterocycles. The maximum atomic E-state index is 13.0. The summed E-state index contributed by atoms with van der Waals surface area (Å²) >= 11 is 5.85. The van der Waals surface area contributed by atoms with E-state index in [1.807, 2.05) is 0 Å². The van der Waals surface area contributed by atoms with Crippen LogP contribution in [0.2, 0.25) is 5.02 Å². The number of β-lactam (4-membered cyclic amide) rings is 1.